The molecule has 2 saturated heterocycles. The molecule has 0 spiro atoms. The molecule has 2 atom stereocenters. The Kier molecular flexibility index (Phi) is 15.8. The first-order valence-corrected chi connectivity index (χ1v) is 26.4. The van der Waals surface area contributed by atoms with Gasteiger partial charge in [-0.3, -0.25) is 19.8 Å². The highest BCUT2D eigenvalue weighted by Gasteiger charge is 2.29. The fourth-order valence-electron chi connectivity index (χ4n) is 10.3. The number of benzene rings is 4. The Morgan fingerprint density at radius 1 is 0.530 bits per heavy atom. The van der Waals surface area contributed by atoms with Crippen molar-refractivity contribution in [1.29, 1.82) is 0 Å². The Morgan fingerprint density at radius 3 is 1.62 bits per heavy atom. The second-order valence-electron chi connectivity index (χ2n) is 18.6. The van der Waals surface area contributed by atoms with Gasteiger partial charge in [0.2, 0.25) is 0 Å². The van der Waals surface area contributed by atoms with Gasteiger partial charge < -0.3 is 19.3 Å². The number of rotatable bonds is 12. The van der Waals surface area contributed by atoms with Gasteiger partial charge in [-0.05, 0) is 161 Å². The van der Waals surface area contributed by atoms with Gasteiger partial charge in [-0.1, -0.05) is 55.3 Å². The van der Waals surface area contributed by atoms with Crippen LogP contribution in [0.15, 0.2) is 131 Å². The lowest BCUT2D eigenvalue weighted by Crippen LogP contribution is -2.31. The van der Waals surface area contributed by atoms with Crippen molar-refractivity contribution in [3.63, 3.8) is 0 Å². The van der Waals surface area contributed by atoms with Crippen molar-refractivity contribution in [3.8, 4) is 23.0 Å². The third kappa shape index (κ3) is 11.9. The molecule has 0 saturated carbocycles. The summed E-state index contributed by atoms with van der Waals surface area (Å²) < 4.78 is 12.9. The van der Waals surface area contributed by atoms with Gasteiger partial charge in [0.1, 0.15) is 23.0 Å². The van der Waals surface area contributed by atoms with Crippen LogP contribution in [0, 0.1) is 0 Å². The lowest BCUT2D eigenvalue weighted by atomic mass is 9.84. The van der Waals surface area contributed by atoms with Gasteiger partial charge >= 0.3 is 0 Å². The number of piperidine rings is 2. The molecule has 4 aliphatic heterocycles. The van der Waals surface area contributed by atoms with Crippen molar-refractivity contribution in [3.05, 3.63) is 166 Å². The summed E-state index contributed by atoms with van der Waals surface area (Å²) in [4.78, 5) is 21.6. The number of fused-ring (bicyclic) bond motifs is 2. The number of hydrogen-bond donors (Lipinski definition) is 0. The fourth-order valence-corrected chi connectivity index (χ4v) is 11.1. The van der Waals surface area contributed by atoms with Gasteiger partial charge in [0.25, 0.3) is 0 Å². The summed E-state index contributed by atoms with van der Waals surface area (Å²) >= 11 is 3.57. The quantitative estimate of drug-likeness (QED) is 0.111. The maximum atomic E-state index is 6.56. The third-order valence-electron chi connectivity index (χ3n) is 13.6. The molecule has 6 heterocycles. The molecule has 66 heavy (non-hydrogen) atoms. The van der Waals surface area contributed by atoms with Crippen LogP contribution in [0.1, 0.15) is 95.1 Å². The number of nitrogens with zero attached hydrogens (tertiary/aromatic N) is 6. The van der Waals surface area contributed by atoms with E-state index in [1.165, 1.54) is 108 Å². The zero-order valence-corrected chi connectivity index (χ0v) is 41.0. The number of likely N-dealkylation sites (N-methyl/N-ethyl adjacent to an activating group) is 2. The van der Waals surface area contributed by atoms with Crippen LogP contribution in [-0.4, -0.2) is 95.4 Å². The molecule has 2 fully saturated rings. The molecule has 344 valence electrons. The molecule has 4 aromatic carbocycles. The maximum Gasteiger partial charge on any atom is 0.131 e. The van der Waals surface area contributed by atoms with E-state index in [-0.39, 0.29) is 0 Å². The van der Waals surface area contributed by atoms with Crippen molar-refractivity contribution >= 4 is 23.5 Å². The van der Waals surface area contributed by atoms with E-state index in [0.29, 0.717) is 11.8 Å². The molecule has 0 bridgehead atoms. The molecule has 2 aromatic heterocycles. The van der Waals surface area contributed by atoms with Gasteiger partial charge in [-0.25, -0.2) is 0 Å². The fraction of sp³-hybridized carbons (Fsp3) is 0.393. The standard InChI is InChI=1S/2C28H33N3OS/c1-30-18-22-16-24(8-11-27(22)28(20-30)21-6-9-26(33-2)10-7-21)32-25-12-13-29-23(17-25)19-31-14-4-3-5-15-31;1-30-18-22-7-6-8-27(28(22)26(20-30)21-9-11-25(33-2)12-10-21)32-24-13-14-29-23(17-24)19-31-15-4-3-5-16-31/h6-13,16-17,28H,3-5,14-15,18-20H2,1-2H3;6-14,17,26H,3-5,15-16,18-20H2,1-2H3. The first-order chi connectivity index (χ1) is 32.4. The van der Waals surface area contributed by atoms with Crippen molar-refractivity contribution < 1.29 is 9.47 Å². The van der Waals surface area contributed by atoms with Crippen LogP contribution in [0.5, 0.6) is 23.0 Å². The monoisotopic (exact) mass is 918 g/mol. The van der Waals surface area contributed by atoms with Crippen LogP contribution in [0.4, 0.5) is 0 Å². The van der Waals surface area contributed by atoms with Crippen molar-refractivity contribution in [2.24, 2.45) is 0 Å². The van der Waals surface area contributed by atoms with E-state index in [1.807, 2.05) is 24.5 Å². The van der Waals surface area contributed by atoms with E-state index in [9.17, 15) is 0 Å². The minimum absolute atomic E-state index is 0.292. The van der Waals surface area contributed by atoms with E-state index >= 15 is 0 Å². The predicted molar refractivity (Wildman–Crippen MR) is 273 cm³/mol. The van der Waals surface area contributed by atoms with E-state index in [4.69, 9.17) is 9.47 Å². The summed E-state index contributed by atoms with van der Waals surface area (Å²) in [5.41, 5.74) is 10.3. The molecule has 6 aromatic rings. The Balaban J connectivity index is 0.000000166. The average Bonchev–Trinajstić information content (AvgIpc) is 3.34. The first kappa shape index (κ1) is 46.4. The molecule has 0 radical (unpaired) electrons. The second-order valence-corrected chi connectivity index (χ2v) is 20.3. The van der Waals surface area contributed by atoms with Gasteiger partial charge in [-0.2, -0.15) is 0 Å². The highest BCUT2D eigenvalue weighted by Crippen LogP contribution is 2.41. The van der Waals surface area contributed by atoms with Gasteiger partial charge in [0.05, 0.1) is 11.4 Å². The molecule has 8 nitrogen and oxygen atoms in total. The number of aromatic nitrogens is 2. The largest absolute Gasteiger partial charge is 0.457 e. The summed E-state index contributed by atoms with van der Waals surface area (Å²) in [7, 11) is 4.41. The molecule has 0 aliphatic carbocycles. The minimum Gasteiger partial charge on any atom is -0.457 e. The van der Waals surface area contributed by atoms with Crippen LogP contribution in [0.3, 0.4) is 0 Å². The summed E-state index contributed by atoms with van der Waals surface area (Å²) in [6, 6.07) is 39.3. The SMILES string of the molecule is CSc1ccc(C2CN(C)Cc3cc(Oc4ccnc(CN5CCCCC5)c4)ccc32)cc1.CSc1ccc(C2CN(C)Cc3cccc(Oc4ccnc(CN5CCCCC5)c4)c32)cc1. The molecule has 0 N–H and O–H groups in total. The molecular formula is C56H66N6O2S2. The van der Waals surface area contributed by atoms with Crippen LogP contribution in [0.25, 0.3) is 0 Å². The first-order valence-electron chi connectivity index (χ1n) is 24.0. The van der Waals surface area contributed by atoms with E-state index in [2.05, 4.69) is 153 Å². The average molecular weight is 919 g/mol. The number of likely N-dealkylation sites (tertiary alicyclic amines) is 2. The highest BCUT2D eigenvalue weighted by molar-refractivity contribution is 7.98. The van der Waals surface area contributed by atoms with Crippen LogP contribution >= 0.6 is 23.5 Å². The van der Waals surface area contributed by atoms with E-state index < -0.39 is 0 Å². The summed E-state index contributed by atoms with van der Waals surface area (Å²) in [5, 5.41) is 0. The Hall–Kier alpha value is -4.68. The minimum atomic E-state index is 0.292. The summed E-state index contributed by atoms with van der Waals surface area (Å²) in [6.07, 6.45) is 15.9. The predicted octanol–water partition coefficient (Wildman–Crippen LogP) is 12.3. The van der Waals surface area contributed by atoms with Crippen LogP contribution < -0.4 is 9.47 Å². The topological polar surface area (TPSA) is 57.2 Å². The zero-order chi connectivity index (χ0) is 45.2. The molecule has 0 amide bonds. The third-order valence-corrected chi connectivity index (χ3v) is 15.1. The lowest BCUT2D eigenvalue weighted by molar-refractivity contribution is 0.218. The van der Waals surface area contributed by atoms with Gasteiger partial charge in [0.15, 0.2) is 0 Å². The Morgan fingerprint density at radius 2 is 1.05 bits per heavy atom. The Labute approximate surface area is 402 Å². The summed E-state index contributed by atoms with van der Waals surface area (Å²) in [6.45, 7) is 10.4. The number of thioether (sulfide) groups is 2. The zero-order valence-electron chi connectivity index (χ0n) is 39.3. The van der Waals surface area contributed by atoms with Crippen LogP contribution in [0.2, 0.25) is 0 Å². The number of hydrogen-bond acceptors (Lipinski definition) is 10. The van der Waals surface area contributed by atoms with Crippen molar-refractivity contribution in [1.82, 2.24) is 29.6 Å². The molecule has 4 aliphatic rings. The maximum absolute atomic E-state index is 6.56. The van der Waals surface area contributed by atoms with Gasteiger partial charge in [0, 0.05) is 91.0 Å². The number of pyridine rings is 2. The van der Waals surface area contributed by atoms with Crippen LogP contribution in [-0.2, 0) is 26.2 Å². The Bertz CT molecular complexity index is 2500. The van der Waals surface area contributed by atoms with Crippen molar-refractivity contribution in [2.75, 3.05) is 65.9 Å². The summed E-state index contributed by atoms with van der Waals surface area (Å²) in [5.74, 6) is 4.29. The van der Waals surface area contributed by atoms with E-state index in [0.717, 1.165) is 73.7 Å². The molecule has 10 rings (SSSR count). The molecule has 2 unspecified atom stereocenters. The van der Waals surface area contributed by atoms with Gasteiger partial charge in [-0.15, -0.1) is 23.5 Å². The second kappa shape index (κ2) is 22.4. The normalized spacial score (nSPS) is 19.3. The smallest absolute Gasteiger partial charge is 0.131 e. The molecule has 10 heteroatoms. The highest BCUT2D eigenvalue weighted by atomic mass is 32.2. The molecular weight excluding hydrogens is 853 g/mol. The lowest BCUT2D eigenvalue weighted by Gasteiger charge is -2.34. The van der Waals surface area contributed by atoms with E-state index in [1.54, 1.807) is 23.5 Å². The number of ether oxygens (including phenoxy) is 2. The van der Waals surface area contributed by atoms with Crippen molar-refractivity contribution in [2.45, 2.75) is 86.3 Å².